The Bertz CT molecular complexity index is 1820. The number of amides is 1. The Hall–Kier alpha value is -4.41. The van der Waals surface area contributed by atoms with Crippen LogP contribution < -0.4 is 10.1 Å². The number of likely N-dealkylation sites (tertiary alicyclic amines) is 1. The Balaban J connectivity index is 1.03. The molecule has 5 aromatic rings. The van der Waals surface area contributed by atoms with E-state index in [0.29, 0.717) is 46.0 Å². The van der Waals surface area contributed by atoms with Crippen molar-refractivity contribution in [1.82, 2.24) is 29.4 Å². The quantitative estimate of drug-likeness (QED) is 0.198. The average Bonchev–Trinajstić information content (AvgIpc) is 3.33. The highest BCUT2D eigenvalue weighted by Crippen LogP contribution is 2.24. The first kappa shape index (κ1) is 30.6. The van der Waals surface area contributed by atoms with Gasteiger partial charge in [-0.15, -0.1) is 0 Å². The average molecular weight is 628 g/mol. The second kappa shape index (κ2) is 13.3. The maximum absolute atomic E-state index is 14.2. The van der Waals surface area contributed by atoms with Crippen molar-refractivity contribution in [1.29, 1.82) is 0 Å². The lowest BCUT2D eigenvalue weighted by molar-refractivity contribution is 0.0912. The van der Waals surface area contributed by atoms with Crippen LogP contribution in [0, 0.1) is 5.82 Å². The minimum absolute atomic E-state index is 0.0275. The van der Waals surface area contributed by atoms with Gasteiger partial charge < -0.3 is 14.6 Å². The van der Waals surface area contributed by atoms with Gasteiger partial charge in [-0.05, 0) is 66.8 Å². The molecule has 0 radical (unpaired) electrons. The molecule has 1 aliphatic heterocycles. The van der Waals surface area contributed by atoms with Gasteiger partial charge in [0, 0.05) is 61.4 Å². The number of rotatable bonds is 9. The number of anilines is 1. The van der Waals surface area contributed by atoms with E-state index in [4.69, 9.17) is 21.3 Å². The predicted molar refractivity (Wildman–Crippen MR) is 172 cm³/mol. The number of nitrogens with zero attached hydrogens (tertiary/aromatic N) is 6. The number of ether oxygens (including phenoxy) is 1. The zero-order valence-corrected chi connectivity index (χ0v) is 26.3. The summed E-state index contributed by atoms with van der Waals surface area (Å²) in [5.41, 5.74) is 4.47. The van der Waals surface area contributed by atoms with Crippen molar-refractivity contribution in [2.24, 2.45) is 7.05 Å². The van der Waals surface area contributed by atoms with Gasteiger partial charge in [0.25, 0.3) is 5.91 Å². The van der Waals surface area contributed by atoms with Gasteiger partial charge >= 0.3 is 0 Å². The monoisotopic (exact) mass is 627 g/mol. The number of piperidine rings is 1. The van der Waals surface area contributed by atoms with Crippen molar-refractivity contribution in [2.45, 2.75) is 51.7 Å². The van der Waals surface area contributed by atoms with Crippen molar-refractivity contribution >= 4 is 34.2 Å². The second-order valence-corrected chi connectivity index (χ2v) is 12.1. The van der Waals surface area contributed by atoms with Gasteiger partial charge in [0.15, 0.2) is 0 Å². The summed E-state index contributed by atoms with van der Waals surface area (Å²) in [5.74, 6) is 1.67. The number of carbonyl (C=O) groups is 1. The lowest BCUT2D eigenvalue weighted by atomic mass is 10.1. The summed E-state index contributed by atoms with van der Waals surface area (Å²) in [7, 11) is 2.02. The first-order chi connectivity index (χ1) is 21.7. The Morgan fingerprint density at radius 1 is 1.07 bits per heavy atom. The molecule has 0 spiro atoms. The van der Waals surface area contributed by atoms with Crippen molar-refractivity contribution in [3.05, 3.63) is 106 Å². The molecule has 1 fully saturated rings. The molecule has 0 atom stereocenters. The van der Waals surface area contributed by atoms with Gasteiger partial charge in [0.2, 0.25) is 5.88 Å². The second-order valence-electron chi connectivity index (χ2n) is 11.7. The van der Waals surface area contributed by atoms with Crippen LogP contribution >= 0.6 is 11.6 Å². The minimum Gasteiger partial charge on any atom is -0.474 e. The third-order valence-electron chi connectivity index (χ3n) is 8.10. The molecule has 0 aliphatic carbocycles. The summed E-state index contributed by atoms with van der Waals surface area (Å²) in [5, 5.41) is 3.33. The SMILES string of the molecule is CC(C)c1ccc(C(=O)Nc2ccc3c(c2)nc(CN2CCC(Oc4ccnc(Cc5ccc(Cl)cc5F)n4)CC2)n3C)cn1. The molecule has 1 amide bonds. The van der Waals surface area contributed by atoms with E-state index in [9.17, 15) is 9.18 Å². The number of aromatic nitrogens is 5. The molecule has 0 unspecified atom stereocenters. The predicted octanol–water partition coefficient (Wildman–Crippen LogP) is 6.56. The molecular formula is C34H35ClFN7O2. The summed E-state index contributed by atoms with van der Waals surface area (Å²) in [6, 6.07) is 15.8. The van der Waals surface area contributed by atoms with E-state index in [-0.39, 0.29) is 24.2 Å². The van der Waals surface area contributed by atoms with Crippen molar-refractivity contribution < 1.29 is 13.9 Å². The topological polar surface area (TPSA) is 98.1 Å². The maximum Gasteiger partial charge on any atom is 0.257 e. The van der Waals surface area contributed by atoms with E-state index < -0.39 is 0 Å². The molecule has 1 saturated heterocycles. The van der Waals surface area contributed by atoms with Crippen LogP contribution in [0.15, 0.2) is 67.0 Å². The highest BCUT2D eigenvalue weighted by Gasteiger charge is 2.23. The summed E-state index contributed by atoms with van der Waals surface area (Å²) in [6.07, 6.45) is 5.24. The molecule has 11 heteroatoms. The standard InChI is InChI=1S/C34H35ClFN7O2/c1-21(2)28-8-5-23(19-38-28)34(44)39-25-7-9-30-29(18-25)40-32(42(30)3)20-43-14-11-26(12-15-43)45-33-10-13-37-31(41-33)16-22-4-6-24(35)17-27(22)36/h4-10,13,17-19,21,26H,11-12,14-16,20H2,1-3H3,(H,39,44). The largest absolute Gasteiger partial charge is 0.474 e. The van der Waals surface area contributed by atoms with Crippen molar-refractivity contribution in [3.8, 4) is 5.88 Å². The number of imidazole rings is 1. The lowest BCUT2D eigenvalue weighted by Crippen LogP contribution is -2.38. The number of fused-ring (bicyclic) bond motifs is 1. The van der Waals surface area contributed by atoms with Crippen LogP contribution in [0.5, 0.6) is 5.88 Å². The number of nitrogens with one attached hydrogen (secondary N) is 1. The Kier molecular flexibility index (Phi) is 9.04. The summed E-state index contributed by atoms with van der Waals surface area (Å²) >= 11 is 5.87. The molecule has 1 aliphatic rings. The van der Waals surface area contributed by atoms with Crippen LogP contribution in [0.3, 0.4) is 0 Å². The first-order valence-electron chi connectivity index (χ1n) is 15.1. The van der Waals surface area contributed by atoms with E-state index in [0.717, 1.165) is 48.5 Å². The lowest BCUT2D eigenvalue weighted by Gasteiger charge is -2.31. The highest BCUT2D eigenvalue weighted by atomic mass is 35.5. The smallest absolute Gasteiger partial charge is 0.257 e. The summed E-state index contributed by atoms with van der Waals surface area (Å²) < 4.78 is 22.5. The van der Waals surface area contributed by atoms with Gasteiger partial charge in [-0.25, -0.2) is 14.4 Å². The fourth-order valence-corrected chi connectivity index (χ4v) is 5.63. The number of carbonyl (C=O) groups excluding carboxylic acids is 1. The number of hydrogen-bond donors (Lipinski definition) is 1. The van der Waals surface area contributed by atoms with Gasteiger partial charge in [0.1, 0.15) is 23.6 Å². The van der Waals surface area contributed by atoms with E-state index in [2.05, 4.69) is 43.6 Å². The normalized spacial score (nSPS) is 14.3. The van der Waals surface area contributed by atoms with Gasteiger partial charge in [-0.2, -0.15) is 4.98 Å². The molecule has 0 bridgehead atoms. The molecule has 45 heavy (non-hydrogen) atoms. The molecule has 232 valence electrons. The highest BCUT2D eigenvalue weighted by molar-refractivity contribution is 6.30. The summed E-state index contributed by atoms with van der Waals surface area (Å²) in [6.45, 7) is 6.56. The third kappa shape index (κ3) is 7.29. The number of pyridine rings is 1. The maximum atomic E-state index is 14.2. The summed E-state index contributed by atoms with van der Waals surface area (Å²) in [4.78, 5) is 33.3. The van der Waals surface area contributed by atoms with Crippen LogP contribution in [0.4, 0.5) is 10.1 Å². The molecule has 2 aromatic carbocycles. The van der Waals surface area contributed by atoms with Crippen molar-refractivity contribution in [2.75, 3.05) is 18.4 Å². The Morgan fingerprint density at radius 2 is 1.89 bits per heavy atom. The molecule has 1 N–H and O–H groups in total. The van der Waals surface area contributed by atoms with Crippen LogP contribution in [-0.2, 0) is 20.0 Å². The van der Waals surface area contributed by atoms with Gasteiger partial charge in [0.05, 0.1) is 23.1 Å². The fraction of sp³-hybridized carbons (Fsp3) is 0.324. The van der Waals surface area contributed by atoms with Crippen LogP contribution in [0.1, 0.15) is 65.9 Å². The number of aryl methyl sites for hydroxylation is 1. The number of hydrogen-bond acceptors (Lipinski definition) is 7. The molecule has 3 aromatic heterocycles. The Morgan fingerprint density at radius 3 is 2.62 bits per heavy atom. The number of halogens is 2. The van der Waals surface area contributed by atoms with Crippen LogP contribution in [0.25, 0.3) is 11.0 Å². The molecule has 6 rings (SSSR count). The minimum atomic E-state index is -0.376. The van der Waals surface area contributed by atoms with Crippen LogP contribution in [0.2, 0.25) is 5.02 Å². The van der Waals surface area contributed by atoms with Gasteiger partial charge in [-0.3, -0.25) is 14.7 Å². The number of benzene rings is 2. The first-order valence-corrected chi connectivity index (χ1v) is 15.5. The Labute approximate surface area is 266 Å². The van der Waals surface area contributed by atoms with Crippen LogP contribution in [-0.4, -0.2) is 54.5 Å². The van der Waals surface area contributed by atoms with E-state index in [1.165, 1.54) is 6.07 Å². The zero-order valence-electron chi connectivity index (χ0n) is 25.5. The zero-order chi connectivity index (χ0) is 31.5. The van der Waals surface area contributed by atoms with E-state index >= 15 is 0 Å². The third-order valence-corrected chi connectivity index (χ3v) is 8.34. The van der Waals surface area contributed by atoms with Crippen molar-refractivity contribution in [3.63, 3.8) is 0 Å². The molecule has 4 heterocycles. The molecule has 0 saturated carbocycles. The molecule has 9 nitrogen and oxygen atoms in total. The van der Waals surface area contributed by atoms with E-state index in [1.54, 1.807) is 36.7 Å². The fourth-order valence-electron chi connectivity index (χ4n) is 5.48. The molecular weight excluding hydrogens is 593 g/mol. The van der Waals surface area contributed by atoms with E-state index in [1.807, 2.05) is 31.3 Å². The van der Waals surface area contributed by atoms with Gasteiger partial charge in [-0.1, -0.05) is 31.5 Å².